The Morgan fingerprint density at radius 1 is 1.48 bits per heavy atom. The van der Waals surface area contributed by atoms with Crippen LogP contribution in [0.15, 0.2) is 27.2 Å². The zero-order chi connectivity index (χ0) is 19.0. The molecule has 10 heteroatoms. The van der Waals surface area contributed by atoms with Crippen molar-refractivity contribution in [1.29, 1.82) is 0 Å². The fourth-order valence-corrected chi connectivity index (χ4v) is 4.71. The number of hydrogen-bond donors (Lipinski definition) is 3. The summed E-state index contributed by atoms with van der Waals surface area (Å²) in [6.07, 6.45) is 1.84. The fourth-order valence-electron chi connectivity index (χ4n) is 3.25. The molecule has 27 heavy (non-hydrogen) atoms. The molecule has 0 saturated carbocycles. The molecule has 0 bridgehead atoms. The lowest BCUT2D eigenvalue weighted by molar-refractivity contribution is 0.356. The number of benzene rings is 1. The zero-order valence-corrected chi connectivity index (χ0v) is 16.5. The number of fused-ring (bicyclic) bond motifs is 2. The maximum absolute atomic E-state index is 11.2. The maximum atomic E-state index is 11.2. The summed E-state index contributed by atoms with van der Waals surface area (Å²) in [6, 6.07) is 4.27. The number of anilines is 1. The summed E-state index contributed by atoms with van der Waals surface area (Å²) in [5.74, 6) is 2.16. The van der Waals surface area contributed by atoms with Crippen molar-refractivity contribution in [3.8, 4) is 5.75 Å². The van der Waals surface area contributed by atoms with Crippen molar-refractivity contribution < 1.29 is 13.5 Å². The van der Waals surface area contributed by atoms with E-state index in [1.54, 1.807) is 0 Å². The van der Waals surface area contributed by atoms with Crippen LogP contribution in [-0.4, -0.2) is 43.2 Å². The monoisotopic (exact) mass is 407 g/mol. The molecule has 2 aliphatic rings. The van der Waals surface area contributed by atoms with E-state index in [-0.39, 0.29) is 5.75 Å². The predicted octanol–water partition coefficient (Wildman–Crippen LogP) is 1.84. The third-order valence-corrected chi connectivity index (χ3v) is 6.24. The topological polar surface area (TPSA) is 115 Å². The highest BCUT2D eigenvalue weighted by atomic mass is 32.2. The van der Waals surface area contributed by atoms with Gasteiger partial charge in [-0.25, -0.2) is 14.2 Å². The standard InChI is InChI=1S/C17H21N5O3S2/c1-2-10-7-11-3-5-25-12(11)8-13(10)26-17-21-14-15(18)19-9-20-16(14)22(17)4-6-27(23)24/h7-8,20H,2-6,9H2,1H3,(H2,18,19)(H,23,24). The van der Waals surface area contributed by atoms with Crippen LogP contribution in [0.3, 0.4) is 0 Å². The summed E-state index contributed by atoms with van der Waals surface area (Å²) >= 11 is -0.368. The zero-order valence-electron chi connectivity index (χ0n) is 14.9. The number of nitrogens with two attached hydrogens (primary N) is 1. The molecular formula is C17H21N5O3S2. The Morgan fingerprint density at radius 2 is 2.33 bits per heavy atom. The van der Waals surface area contributed by atoms with Gasteiger partial charge in [-0.2, -0.15) is 0 Å². The van der Waals surface area contributed by atoms with Gasteiger partial charge in [0, 0.05) is 17.9 Å². The van der Waals surface area contributed by atoms with E-state index in [0.29, 0.717) is 29.9 Å². The Morgan fingerprint density at radius 3 is 3.11 bits per heavy atom. The molecule has 2 aromatic rings. The normalized spacial score (nSPS) is 16.1. The molecule has 2 aliphatic heterocycles. The van der Waals surface area contributed by atoms with E-state index in [1.807, 2.05) is 4.57 Å². The van der Waals surface area contributed by atoms with Gasteiger partial charge in [0.05, 0.1) is 12.4 Å². The lowest BCUT2D eigenvalue weighted by atomic mass is 10.1. The molecule has 4 rings (SSSR count). The minimum absolute atomic E-state index is 0.114. The summed E-state index contributed by atoms with van der Waals surface area (Å²) in [5.41, 5.74) is 9.07. The molecule has 0 amide bonds. The average molecular weight is 408 g/mol. The maximum Gasteiger partial charge on any atom is 0.175 e. The third-order valence-electron chi connectivity index (χ3n) is 4.62. The van der Waals surface area contributed by atoms with Crippen LogP contribution < -0.4 is 15.8 Å². The molecule has 0 spiro atoms. The van der Waals surface area contributed by atoms with Crippen molar-refractivity contribution >= 4 is 34.5 Å². The fraction of sp³-hybridized carbons (Fsp3) is 0.412. The molecule has 0 saturated heterocycles. The number of aliphatic imine (C=N–C) groups is 1. The molecule has 1 atom stereocenters. The molecular weight excluding hydrogens is 386 g/mol. The molecule has 8 nitrogen and oxygen atoms in total. The number of aryl methyl sites for hydroxylation is 1. The second-order valence-corrected chi connectivity index (χ2v) is 8.33. The number of rotatable bonds is 6. The second-order valence-electron chi connectivity index (χ2n) is 6.27. The SMILES string of the molecule is CCc1cc2c(cc1Sc1nc3c(n1CCS(=O)O)NCN=C3N)OCC2. The van der Waals surface area contributed by atoms with Gasteiger partial charge in [-0.3, -0.25) is 0 Å². The lowest BCUT2D eigenvalue weighted by Gasteiger charge is -2.15. The lowest BCUT2D eigenvalue weighted by Crippen LogP contribution is -2.24. The van der Waals surface area contributed by atoms with Gasteiger partial charge in [0.15, 0.2) is 16.2 Å². The first-order valence-electron chi connectivity index (χ1n) is 8.75. The van der Waals surface area contributed by atoms with Crippen molar-refractivity contribution in [1.82, 2.24) is 9.55 Å². The number of nitrogens with one attached hydrogen (secondary N) is 1. The third kappa shape index (κ3) is 3.56. The summed E-state index contributed by atoms with van der Waals surface area (Å²) < 4.78 is 28.1. The van der Waals surface area contributed by atoms with E-state index in [0.717, 1.165) is 35.9 Å². The Balaban J connectivity index is 1.73. The van der Waals surface area contributed by atoms with E-state index in [4.69, 9.17) is 10.5 Å². The number of ether oxygens (including phenoxy) is 1. The van der Waals surface area contributed by atoms with Crippen molar-refractivity contribution in [3.05, 3.63) is 29.0 Å². The first-order valence-corrected chi connectivity index (χ1v) is 10.8. The number of hydrogen-bond acceptors (Lipinski definition) is 7. The van der Waals surface area contributed by atoms with Gasteiger partial charge >= 0.3 is 0 Å². The molecule has 0 fully saturated rings. The Bertz CT molecular complexity index is 941. The first-order chi connectivity index (χ1) is 13.1. The van der Waals surface area contributed by atoms with E-state index >= 15 is 0 Å². The number of amidine groups is 1. The van der Waals surface area contributed by atoms with Crippen LogP contribution in [0.1, 0.15) is 23.7 Å². The van der Waals surface area contributed by atoms with Gasteiger partial charge in [-0.1, -0.05) is 24.8 Å². The molecule has 1 unspecified atom stereocenters. The largest absolute Gasteiger partial charge is 0.493 e. The first kappa shape index (κ1) is 18.3. The highest BCUT2D eigenvalue weighted by Crippen LogP contribution is 2.38. The summed E-state index contributed by atoms with van der Waals surface area (Å²) in [7, 11) is 0. The van der Waals surface area contributed by atoms with Crippen LogP contribution >= 0.6 is 11.8 Å². The van der Waals surface area contributed by atoms with E-state index in [2.05, 4.69) is 34.3 Å². The number of nitrogens with zero attached hydrogens (tertiary/aromatic N) is 3. The van der Waals surface area contributed by atoms with E-state index < -0.39 is 11.1 Å². The molecule has 4 N–H and O–H groups in total. The molecule has 0 aliphatic carbocycles. The quantitative estimate of drug-likeness (QED) is 0.626. The number of aromatic nitrogens is 2. The van der Waals surface area contributed by atoms with Crippen LogP contribution in [0, 0.1) is 0 Å². The minimum atomic E-state index is -1.89. The second kappa shape index (κ2) is 7.53. The van der Waals surface area contributed by atoms with Crippen LogP contribution in [0.5, 0.6) is 5.75 Å². The van der Waals surface area contributed by atoms with E-state index in [1.165, 1.54) is 22.9 Å². The predicted molar refractivity (Wildman–Crippen MR) is 106 cm³/mol. The Labute approximate surface area is 163 Å². The van der Waals surface area contributed by atoms with Crippen molar-refractivity contribution in [3.63, 3.8) is 0 Å². The van der Waals surface area contributed by atoms with Crippen molar-refractivity contribution in [2.45, 2.75) is 36.4 Å². The van der Waals surface area contributed by atoms with Crippen molar-refractivity contribution in [2.24, 2.45) is 10.7 Å². The highest BCUT2D eigenvalue weighted by molar-refractivity contribution is 7.99. The Kier molecular flexibility index (Phi) is 5.11. The van der Waals surface area contributed by atoms with E-state index in [9.17, 15) is 8.76 Å². The summed E-state index contributed by atoms with van der Waals surface area (Å²) in [4.78, 5) is 9.91. The molecule has 3 heterocycles. The summed E-state index contributed by atoms with van der Waals surface area (Å²) in [5, 5.41) is 3.89. The van der Waals surface area contributed by atoms with Crippen LogP contribution in [0.2, 0.25) is 0 Å². The van der Waals surface area contributed by atoms with Crippen LogP contribution in [0.4, 0.5) is 5.82 Å². The molecule has 1 aromatic carbocycles. The molecule has 0 radical (unpaired) electrons. The van der Waals surface area contributed by atoms with Gasteiger partial charge in [-0.15, -0.1) is 0 Å². The van der Waals surface area contributed by atoms with Crippen molar-refractivity contribution in [2.75, 3.05) is 24.3 Å². The van der Waals surface area contributed by atoms with Crippen LogP contribution in [-0.2, 0) is 30.5 Å². The average Bonchev–Trinajstić information content (AvgIpc) is 3.24. The Hall–Kier alpha value is -2.04. The van der Waals surface area contributed by atoms with Gasteiger partial charge in [0.2, 0.25) is 0 Å². The highest BCUT2D eigenvalue weighted by Gasteiger charge is 2.24. The smallest absolute Gasteiger partial charge is 0.175 e. The molecule has 1 aromatic heterocycles. The van der Waals surface area contributed by atoms with Gasteiger partial charge in [0.1, 0.15) is 29.8 Å². The van der Waals surface area contributed by atoms with Gasteiger partial charge in [-0.05, 0) is 23.6 Å². The summed E-state index contributed by atoms with van der Waals surface area (Å²) in [6.45, 7) is 3.57. The number of imidazole rings is 1. The minimum Gasteiger partial charge on any atom is -0.493 e. The van der Waals surface area contributed by atoms with Gasteiger partial charge < -0.3 is 24.9 Å². The molecule has 144 valence electrons. The van der Waals surface area contributed by atoms with Crippen LogP contribution in [0.25, 0.3) is 0 Å². The van der Waals surface area contributed by atoms with Gasteiger partial charge in [0.25, 0.3) is 0 Å².